The van der Waals surface area contributed by atoms with E-state index in [4.69, 9.17) is 0 Å². The van der Waals surface area contributed by atoms with Gasteiger partial charge in [-0.1, -0.05) is 31.9 Å². The Bertz CT molecular complexity index is 601. The van der Waals surface area contributed by atoms with Gasteiger partial charge in [-0.15, -0.1) is 0 Å². The van der Waals surface area contributed by atoms with Crippen molar-refractivity contribution in [2.45, 2.75) is 39.2 Å². The SMILES string of the molecule is CN=C(NCc1ccc(C(=O)N(C)C)cc1)N(C)CC1CCC(C)CC1. The maximum absolute atomic E-state index is 12.0. The number of nitrogens with one attached hydrogen (secondary N) is 1. The number of benzene rings is 1. The molecule has 2 rings (SSSR count). The number of hydrogen-bond donors (Lipinski definition) is 1. The van der Waals surface area contributed by atoms with Crippen LogP contribution in [0.15, 0.2) is 29.3 Å². The molecule has 0 radical (unpaired) electrons. The van der Waals surface area contributed by atoms with Crippen LogP contribution in [0, 0.1) is 11.8 Å². The number of aliphatic imine (C=N–C) groups is 1. The second-order valence-electron chi connectivity index (χ2n) is 7.80. The number of amides is 1. The average molecular weight is 359 g/mol. The summed E-state index contributed by atoms with van der Waals surface area (Å²) >= 11 is 0. The highest BCUT2D eigenvalue weighted by atomic mass is 16.2. The van der Waals surface area contributed by atoms with E-state index >= 15 is 0 Å². The topological polar surface area (TPSA) is 47.9 Å². The molecular formula is C21H34N4O. The third kappa shape index (κ3) is 5.75. The molecule has 1 aromatic rings. The van der Waals surface area contributed by atoms with Gasteiger partial charge in [0, 0.05) is 46.8 Å². The van der Waals surface area contributed by atoms with Gasteiger partial charge < -0.3 is 15.1 Å². The van der Waals surface area contributed by atoms with Crippen LogP contribution in [-0.4, -0.2) is 56.4 Å². The molecule has 1 saturated carbocycles. The van der Waals surface area contributed by atoms with E-state index in [2.05, 4.69) is 29.2 Å². The summed E-state index contributed by atoms with van der Waals surface area (Å²) in [4.78, 5) is 20.2. The predicted octanol–water partition coefficient (Wildman–Crippen LogP) is 3.22. The van der Waals surface area contributed by atoms with Crippen molar-refractivity contribution in [3.8, 4) is 0 Å². The molecule has 1 aliphatic rings. The highest BCUT2D eigenvalue weighted by molar-refractivity contribution is 5.93. The normalized spacial score (nSPS) is 20.6. The fraction of sp³-hybridized carbons (Fsp3) is 0.619. The lowest BCUT2D eigenvalue weighted by atomic mass is 9.83. The Morgan fingerprint density at radius 3 is 2.27 bits per heavy atom. The van der Waals surface area contributed by atoms with Crippen LogP contribution in [0.25, 0.3) is 0 Å². The summed E-state index contributed by atoms with van der Waals surface area (Å²) in [5.74, 6) is 2.61. The lowest BCUT2D eigenvalue weighted by Crippen LogP contribution is -2.41. The Hall–Kier alpha value is -2.04. The van der Waals surface area contributed by atoms with E-state index < -0.39 is 0 Å². The Labute approximate surface area is 158 Å². The smallest absolute Gasteiger partial charge is 0.253 e. The molecule has 1 aliphatic carbocycles. The largest absolute Gasteiger partial charge is 0.352 e. The number of rotatable bonds is 5. The molecule has 1 fully saturated rings. The van der Waals surface area contributed by atoms with Gasteiger partial charge in [0.1, 0.15) is 0 Å². The monoisotopic (exact) mass is 358 g/mol. The van der Waals surface area contributed by atoms with Gasteiger partial charge >= 0.3 is 0 Å². The first kappa shape index (κ1) is 20.3. The first-order valence-electron chi connectivity index (χ1n) is 9.63. The standard InChI is InChI=1S/C21H34N4O/c1-16-6-8-18(9-7-16)15-25(5)21(22-2)23-14-17-10-12-19(13-11-17)20(26)24(3)4/h10-13,16,18H,6-9,14-15H2,1-5H3,(H,22,23). The van der Waals surface area contributed by atoms with Gasteiger partial charge in [-0.25, -0.2) is 0 Å². The van der Waals surface area contributed by atoms with Gasteiger partial charge in [-0.05, 0) is 42.4 Å². The van der Waals surface area contributed by atoms with Crippen LogP contribution in [0.5, 0.6) is 0 Å². The molecule has 5 heteroatoms. The second-order valence-corrected chi connectivity index (χ2v) is 7.80. The number of carbonyl (C=O) groups excluding carboxylic acids is 1. The molecule has 0 unspecified atom stereocenters. The molecule has 0 saturated heterocycles. The van der Waals surface area contributed by atoms with Crippen molar-refractivity contribution in [2.75, 3.05) is 34.7 Å². The third-order valence-electron chi connectivity index (χ3n) is 5.30. The number of nitrogens with zero attached hydrogens (tertiary/aromatic N) is 3. The van der Waals surface area contributed by atoms with Gasteiger partial charge in [0.15, 0.2) is 5.96 Å². The molecule has 1 aromatic carbocycles. The summed E-state index contributed by atoms with van der Waals surface area (Å²) in [6, 6.07) is 7.77. The third-order valence-corrected chi connectivity index (χ3v) is 5.30. The van der Waals surface area contributed by atoms with Crippen LogP contribution in [0.1, 0.15) is 48.5 Å². The Morgan fingerprint density at radius 2 is 1.73 bits per heavy atom. The van der Waals surface area contributed by atoms with Gasteiger partial charge in [0.25, 0.3) is 5.91 Å². The number of hydrogen-bond acceptors (Lipinski definition) is 2. The van der Waals surface area contributed by atoms with Crippen molar-refractivity contribution in [3.63, 3.8) is 0 Å². The van der Waals surface area contributed by atoms with E-state index in [0.717, 1.165) is 29.9 Å². The van der Waals surface area contributed by atoms with Crippen molar-refractivity contribution >= 4 is 11.9 Å². The molecule has 0 atom stereocenters. The zero-order chi connectivity index (χ0) is 19.1. The highest BCUT2D eigenvalue weighted by Gasteiger charge is 2.20. The zero-order valence-corrected chi connectivity index (χ0v) is 17.0. The van der Waals surface area contributed by atoms with E-state index in [1.807, 2.05) is 31.3 Å². The minimum atomic E-state index is 0.0295. The van der Waals surface area contributed by atoms with Gasteiger partial charge in [-0.3, -0.25) is 9.79 Å². The van der Waals surface area contributed by atoms with Crippen LogP contribution >= 0.6 is 0 Å². The van der Waals surface area contributed by atoms with Crippen LogP contribution in [0.3, 0.4) is 0 Å². The minimum absolute atomic E-state index is 0.0295. The summed E-state index contributed by atoms with van der Waals surface area (Å²) < 4.78 is 0. The van der Waals surface area contributed by atoms with Crippen molar-refractivity contribution in [1.29, 1.82) is 0 Å². The minimum Gasteiger partial charge on any atom is -0.352 e. The molecule has 1 amide bonds. The molecule has 5 nitrogen and oxygen atoms in total. The van der Waals surface area contributed by atoms with Crippen molar-refractivity contribution in [3.05, 3.63) is 35.4 Å². The molecule has 144 valence electrons. The van der Waals surface area contributed by atoms with Crippen LogP contribution in [-0.2, 0) is 6.54 Å². The molecule has 0 aromatic heterocycles. The first-order valence-corrected chi connectivity index (χ1v) is 9.63. The van der Waals surface area contributed by atoms with E-state index in [1.165, 1.54) is 25.7 Å². The Balaban J connectivity index is 1.85. The average Bonchev–Trinajstić information content (AvgIpc) is 2.64. The summed E-state index contributed by atoms with van der Waals surface area (Å²) in [7, 11) is 7.49. The van der Waals surface area contributed by atoms with Crippen LogP contribution in [0.2, 0.25) is 0 Å². The summed E-state index contributed by atoms with van der Waals surface area (Å²) in [5, 5.41) is 3.44. The summed E-state index contributed by atoms with van der Waals surface area (Å²) in [6.07, 6.45) is 5.35. The lowest BCUT2D eigenvalue weighted by molar-refractivity contribution is 0.0827. The molecule has 1 N–H and O–H groups in total. The Kier molecular flexibility index (Phi) is 7.49. The summed E-state index contributed by atoms with van der Waals surface area (Å²) in [5.41, 5.74) is 1.85. The second kappa shape index (κ2) is 9.60. The molecule has 0 aliphatic heterocycles. The van der Waals surface area contributed by atoms with E-state index in [-0.39, 0.29) is 5.91 Å². The van der Waals surface area contributed by atoms with Crippen molar-refractivity contribution in [1.82, 2.24) is 15.1 Å². The first-order chi connectivity index (χ1) is 12.4. The number of guanidine groups is 1. The highest BCUT2D eigenvalue weighted by Crippen LogP contribution is 2.28. The zero-order valence-electron chi connectivity index (χ0n) is 17.0. The maximum atomic E-state index is 12.0. The fourth-order valence-electron chi connectivity index (χ4n) is 3.57. The maximum Gasteiger partial charge on any atom is 0.253 e. The van der Waals surface area contributed by atoms with Gasteiger partial charge in [-0.2, -0.15) is 0 Å². The Morgan fingerprint density at radius 1 is 1.12 bits per heavy atom. The molecule has 0 bridgehead atoms. The molecule has 0 spiro atoms. The lowest BCUT2D eigenvalue weighted by Gasteiger charge is -2.31. The van der Waals surface area contributed by atoms with Crippen molar-refractivity contribution < 1.29 is 4.79 Å². The van der Waals surface area contributed by atoms with Crippen LogP contribution < -0.4 is 5.32 Å². The quantitative estimate of drug-likeness (QED) is 0.649. The molecule has 0 heterocycles. The predicted molar refractivity (Wildman–Crippen MR) is 108 cm³/mol. The van der Waals surface area contributed by atoms with Crippen LogP contribution in [0.4, 0.5) is 0 Å². The van der Waals surface area contributed by atoms with Crippen molar-refractivity contribution in [2.24, 2.45) is 16.8 Å². The van der Waals surface area contributed by atoms with Gasteiger partial charge in [0.2, 0.25) is 0 Å². The fourth-order valence-corrected chi connectivity index (χ4v) is 3.57. The van der Waals surface area contributed by atoms with Gasteiger partial charge in [0.05, 0.1) is 0 Å². The number of carbonyl (C=O) groups is 1. The van der Waals surface area contributed by atoms with E-state index in [0.29, 0.717) is 12.1 Å². The molecule has 26 heavy (non-hydrogen) atoms. The molecular weight excluding hydrogens is 324 g/mol. The summed E-state index contributed by atoms with van der Waals surface area (Å²) in [6.45, 7) is 4.12. The van der Waals surface area contributed by atoms with E-state index in [1.54, 1.807) is 19.0 Å². The van der Waals surface area contributed by atoms with E-state index in [9.17, 15) is 4.79 Å².